The topological polar surface area (TPSA) is 32.8 Å². The van der Waals surface area contributed by atoms with Crippen LogP contribution in [0.15, 0.2) is 24.3 Å². The second-order valence-corrected chi connectivity index (χ2v) is 6.97. The van der Waals surface area contributed by atoms with Crippen LogP contribution >= 0.6 is 0 Å². The van der Waals surface area contributed by atoms with Gasteiger partial charge in [-0.25, -0.2) is 0 Å². The van der Waals surface area contributed by atoms with E-state index in [9.17, 15) is 18.0 Å². The average Bonchev–Trinajstić information content (AvgIpc) is 2.66. The van der Waals surface area contributed by atoms with Crippen molar-refractivity contribution in [2.75, 3.05) is 39.4 Å². The molecule has 1 aromatic rings. The fourth-order valence-electron chi connectivity index (χ4n) is 3.69. The maximum atomic E-state index is 12.8. The Balaban J connectivity index is 1.63. The van der Waals surface area contributed by atoms with Gasteiger partial charge in [-0.05, 0) is 49.9 Å². The molecule has 2 aliphatic rings. The largest absolute Gasteiger partial charge is 0.416 e. The molecule has 2 heterocycles. The van der Waals surface area contributed by atoms with E-state index in [4.69, 9.17) is 4.74 Å². The predicted molar refractivity (Wildman–Crippen MR) is 92.0 cm³/mol. The number of alkyl halides is 3. The summed E-state index contributed by atoms with van der Waals surface area (Å²) < 4.78 is 43.5. The highest BCUT2D eigenvalue weighted by atomic mass is 19.4. The first-order valence-electron chi connectivity index (χ1n) is 9.23. The number of carbonyl (C=O) groups excluding carboxylic acids is 1. The number of halogens is 3. The molecule has 0 saturated carbocycles. The van der Waals surface area contributed by atoms with Gasteiger partial charge in [-0.1, -0.05) is 0 Å². The van der Waals surface area contributed by atoms with Crippen molar-refractivity contribution in [2.45, 2.75) is 37.9 Å². The zero-order valence-corrected chi connectivity index (χ0v) is 14.8. The standard InChI is InChI=1S/C19H25F3N2O2/c20-19(21,22)16-6-4-15(5-7-16)18(25)24-9-2-1-3-17(24)8-10-23-11-13-26-14-12-23/h4-7,17H,1-3,8-14H2. The summed E-state index contributed by atoms with van der Waals surface area (Å²) in [6, 6.07) is 4.71. The molecular weight excluding hydrogens is 345 g/mol. The molecule has 26 heavy (non-hydrogen) atoms. The van der Waals surface area contributed by atoms with E-state index >= 15 is 0 Å². The Labute approximate surface area is 151 Å². The lowest BCUT2D eigenvalue weighted by Gasteiger charge is -2.37. The summed E-state index contributed by atoms with van der Waals surface area (Å²) in [5.41, 5.74) is -0.396. The van der Waals surface area contributed by atoms with Crippen LogP contribution in [-0.4, -0.2) is 61.1 Å². The maximum Gasteiger partial charge on any atom is 0.416 e. The number of benzene rings is 1. The van der Waals surface area contributed by atoms with E-state index in [-0.39, 0.29) is 11.9 Å². The van der Waals surface area contributed by atoms with Crippen LogP contribution in [0, 0.1) is 0 Å². The van der Waals surface area contributed by atoms with Gasteiger partial charge < -0.3 is 9.64 Å². The molecule has 0 spiro atoms. The summed E-state index contributed by atoms with van der Waals surface area (Å²) in [6.07, 6.45) is -0.499. The molecule has 1 aromatic carbocycles. The van der Waals surface area contributed by atoms with E-state index in [0.717, 1.165) is 70.7 Å². The minimum Gasteiger partial charge on any atom is -0.379 e. The summed E-state index contributed by atoms with van der Waals surface area (Å²) in [5.74, 6) is -0.162. The van der Waals surface area contributed by atoms with E-state index in [1.807, 2.05) is 4.90 Å². The van der Waals surface area contributed by atoms with Crippen molar-refractivity contribution in [1.82, 2.24) is 9.80 Å². The molecule has 4 nitrogen and oxygen atoms in total. The van der Waals surface area contributed by atoms with Crippen LogP contribution in [0.3, 0.4) is 0 Å². The SMILES string of the molecule is O=C(c1ccc(C(F)(F)F)cc1)N1CCCCC1CCN1CCOCC1. The van der Waals surface area contributed by atoms with E-state index in [2.05, 4.69) is 4.90 Å². The van der Waals surface area contributed by atoms with Crippen LogP contribution in [0.1, 0.15) is 41.6 Å². The van der Waals surface area contributed by atoms with Gasteiger partial charge in [0.05, 0.1) is 18.8 Å². The van der Waals surface area contributed by atoms with E-state index < -0.39 is 11.7 Å². The minimum absolute atomic E-state index is 0.154. The third-order valence-corrected chi connectivity index (χ3v) is 5.23. The van der Waals surface area contributed by atoms with Gasteiger partial charge in [0.15, 0.2) is 0 Å². The van der Waals surface area contributed by atoms with E-state index in [1.165, 1.54) is 12.1 Å². The average molecular weight is 370 g/mol. The number of morpholine rings is 1. The number of piperidine rings is 1. The van der Waals surface area contributed by atoms with Gasteiger partial charge in [-0.2, -0.15) is 13.2 Å². The Morgan fingerprint density at radius 3 is 2.42 bits per heavy atom. The first kappa shape index (κ1) is 19.2. The zero-order chi connectivity index (χ0) is 18.6. The van der Waals surface area contributed by atoms with Gasteiger partial charge in [-0.3, -0.25) is 9.69 Å². The van der Waals surface area contributed by atoms with Crippen LogP contribution in [0.4, 0.5) is 13.2 Å². The zero-order valence-electron chi connectivity index (χ0n) is 14.8. The lowest BCUT2D eigenvalue weighted by atomic mass is 9.97. The van der Waals surface area contributed by atoms with Crippen LogP contribution in [0.25, 0.3) is 0 Å². The Morgan fingerprint density at radius 2 is 1.77 bits per heavy atom. The number of amides is 1. The third-order valence-electron chi connectivity index (χ3n) is 5.23. The van der Waals surface area contributed by atoms with Crippen molar-refractivity contribution >= 4 is 5.91 Å². The summed E-state index contributed by atoms with van der Waals surface area (Å²) in [6.45, 7) is 4.93. The summed E-state index contributed by atoms with van der Waals surface area (Å²) >= 11 is 0. The molecule has 2 fully saturated rings. The summed E-state index contributed by atoms with van der Waals surface area (Å²) in [7, 11) is 0. The third kappa shape index (κ3) is 4.76. The molecule has 2 saturated heterocycles. The lowest BCUT2D eigenvalue weighted by Crippen LogP contribution is -2.46. The van der Waals surface area contributed by atoms with Gasteiger partial charge in [0, 0.05) is 37.8 Å². The lowest BCUT2D eigenvalue weighted by molar-refractivity contribution is -0.137. The van der Waals surface area contributed by atoms with Crippen molar-refractivity contribution < 1.29 is 22.7 Å². The smallest absolute Gasteiger partial charge is 0.379 e. The molecule has 144 valence electrons. The van der Waals surface area contributed by atoms with Gasteiger partial charge >= 0.3 is 6.18 Å². The fourth-order valence-corrected chi connectivity index (χ4v) is 3.69. The molecule has 7 heteroatoms. The normalized spacial score (nSPS) is 22.4. The molecule has 0 radical (unpaired) electrons. The summed E-state index contributed by atoms with van der Waals surface area (Å²) in [5, 5.41) is 0. The van der Waals surface area contributed by atoms with Crippen LogP contribution in [0.2, 0.25) is 0 Å². The molecule has 0 aromatic heterocycles. The number of ether oxygens (including phenoxy) is 1. The minimum atomic E-state index is -4.38. The highest BCUT2D eigenvalue weighted by molar-refractivity contribution is 5.94. The van der Waals surface area contributed by atoms with E-state index in [1.54, 1.807) is 0 Å². The monoisotopic (exact) mass is 370 g/mol. The van der Waals surface area contributed by atoms with Crippen LogP contribution in [-0.2, 0) is 10.9 Å². The first-order valence-corrected chi connectivity index (χ1v) is 9.23. The van der Waals surface area contributed by atoms with Crippen LogP contribution in [0.5, 0.6) is 0 Å². The van der Waals surface area contributed by atoms with Crippen LogP contribution < -0.4 is 0 Å². The molecule has 0 aliphatic carbocycles. The van der Waals surface area contributed by atoms with Crippen molar-refractivity contribution in [3.05, 3.63) is 35.4 Å². The van der Waals surface area contributed by atoms with Gasteiger partial charge in [0.2, 0.25) is 0 Å². The Morgan fingerprint density at radius 1 is 1.08 bits per heavy atom. The molecule has 2 aliphatic heterocycles. The van der Waals surface area contributed by atoms with Gasteiger partial charge in [-0.15, -0.1) is 0 Å². The molecule has 1 unspecified atom stereocenters. The molecule has 1 amide bonds. The van der Waals surface area contributed by atoms with E-state index in [0.29, 0.717) is 12.1 Å². The molecule has 0 N–H and O–H groups in total. The number of carbonyl (C=O) groups is 1. The molecule has 3 rings (SSSR count). The predicted octanol–water partition coefficient (Wildman–Crippen LogP) is 3.42. The van der Waals surface area contributed by atoms with Gasteiger partial charge in [0.25, 0.3) is 5.91 Å². The summed E-state index contributed by atoms with van der Waals surface area (Å²) in [4.78, 5) is 17.0. The van der Waals surface area contributed by atoms with Crippen molar-refractivity contribution in [1.29, 1.82) is 0 Å². The number of nitrogens with zero attached hydrogens (tertiary/aromatic N) is 2. The second kappa shape index (κ2) is 8.39. The Bertz CT molecular complexity index is 598. The maximum absolute atomic E-state index is 12.8. The highest BCUT2D eigenvalue weighted by Crippen LogP contribution is 2.30. The molecule has 1 atom stereocenters. The highest BCUT2D eigenvalue weighted by Gasteiger charge is 2.31. The number of hydrogen-bond acceptors (Lipinski definition) is 3. The van der Waals surface area contributed by atoms with Gasteiger partial charge in [0.1, 0.15) is 0 Å². The number of rotatable bonds is 4. The number of likely N-dealkylation sites (tertiary alicyclic amines) is 1. The quantitative estimate of drug-likeness (QED) is 0.814. The number of hydrogen-bond donors (Lipinski definition) is 0. The van der Waals surface area contributed by atoms with Crippen molar-refractivity contribution in [2.24, 2.45) is 0 Å². The molecular formula is C19H25F3N2O2. The first-order chi connectivity index (χ1) is 12.4. The Kier molecular flexibility index (Phi) is 6.19. The second-order valence-electron chi connectivity index (χ2n) is 6.97. The van der Waals surface area contributed by atoms with Crippen molar-refractivity contribution in [3.8, 4) is 0 Å². The fraction of sp³-hybridized carbons (Fsp3) is 0.632. The van der Waals surface area contributed by atoms with Crippen molar-refractivity contribution in [3.63, 3.8) is 0 Å². The Hall–Kier alpha value is -1.60. The molecule has 0 bridgehead atoms.